The molecule has 1 fully saturated rings. The lowest BCUT2D eigenvalue weighted by molar-refractivity contribution is 0.602. The molecular weight excluding hydrogens is 296 g/mol. The Morgan fingerprint density at radius 1 is 1.25 bits per heavy atom. The number of sulfonamides is 1. The molecule has 0 amide bonds. The summed E-state index contributed by atoms with van der Waals surface area (Å²) in [5, 5.41) is 3.36. The van der Waals surface area contributed by atoms with E-state index in [9.17, 15) is 8.42 Å². The Labute approximate surface area is 121 Å². The number of hydrogen-bond acceptors (Lipinski definition) is 6. The molecule has 2 N–H and O–H groups in total. The largest absolute Gasteiger partial charge is 0.309 e. The molecule has 106 valence electrons. The molecule has 0 atom stereocenters. The zero-order valence-corrected chi connectivity index (χ0v) is 12.2. The fraction of sp³-hybridized carbons (Fsp3) is 0.333. The molecule has 0 unspecified atom stereocenters. The van der Waals surface area contributed by atoms with E-state index in [1.165, 1.54) is 36.6 Å². The molecule has 2 heterocycles. The summed E-state index contributed by atoms with van der Waals surface area (Å²) in [5.41, 5.74) is 0. The maximum atomic E-state index is 12.2. The lowest BCUT2D eigenvalue weighted by Crippen LogP contribution is -2.14. The van der Waals surface area contributed by atoms with Crippen LogP contribution < -0.4 is 10.0 Å². The second-order valence-corrected chi connectivity index (χ2v) is 7.63. The first-order chi connectivity index (χ1) is 9.63. The third kappa shape index (κ3) is 3.33. The quantitative estimate of drug-likeness (QED) is 0.846. The highest BCUT2D eigenvalue weighted by atomic mass is 32.2. The number of thiophene rings is 1. The van der Waals surface area contributed by atoms with Crippen LogP contribution >= 0.6 is 11.3 Å². The summed E-state index contributed by atoms with van der Waals surface area (Å²) in [4.78, 5) is 8.72. The van der Waals surface area contributed by atoms with E-state index in [-0.39, 0.29) is 10.2 Å². The van der Waals surface area contributed by atoms with Crippen LogP contribution in [-0.4, -0.2) is 24.4 Å². The second kappa shape index (κ2) is 5.47. The average molecular weight is 310 g/mol. The van der Waals surface area contributed by atoms with Crippen LogP contribution in [0.25, 0.3) is 0 Å². The van der Waals surface area contributed by atoms with Crippen molar-refractivity contribution in [2.75, 3.05) is 4.72 Å². The van der Waals surface area contributed by atoms with Crippen LogP contribution in [0, 0.1) is 0 Å². The number of nitrogens with one attached hydrogen (secondary N) is 2. The maximum absolute atomic E-state index is 12.2. The molecule has 0 aliphatic heterocycles. The van der Waals surface area contributed by atoms with Gasteiger partial charge in [-0.1, -0.05) is 0 Å². The van der Waals surface area contributed by atoms with Gasteiger partial charge in [0.2, 0.25) is 5.95 Å². The third-order valence-electron chi connectivity index (χ3n) is 2.84. The Morgan fingerprint density at radius 2 is 2.00 bits per heavy atom. The van der Waals surface area contributed by atoms with Crippen LogP contribution in [-0.2, 0) is 16.6 Å². The lowest BCUT2D eigenvalue weighted by atomic mass is 10.4. The summed E-state index contributed by atoms with van der Waals surface area (Å²) in [6.07, 6.45) is 5.40. The molecule has 1 saturated carbocycles. The van der Waals surface area contributed by atoms with Crippen molar-refractivity contribution in [2.24, 2.45) is 0 Å². The summed E-state index contributed by atoms with van der Waals surface area (Å²) in [6.45, 7) is 0.715. The molecule has 0 radical (unpaired) electrons. The van der Waals surface area contributed by atoms with E-state index < -0.39 is 10.0 Å². The smallest absolute Gasteiger partial charge is 0.273 e. The van der Waals surface area contributed by atoms with Gasteiger partial charge in [0, 0.05) is 29.9 Å². The van der Waals surface area contributed by atoms with Gasteiger partial charge in [-0.25, -0.2) is 23.1 Å². The SMILES string of the molecule is O=S(=O)(Nc1ncccn1)c1ccc(CNC2CC2)s1. The fourth-order valence-electron chi connectivity index (χ4n) is 1.65. The van der Waals surface area contributed by atoms with E-state index in [0.717, 1.165) is 4.88 Å². The highest BCUT2D eigenvalue weighted by Crippen LogP contribution is 2.25. The Kier molecular flexibility index (Phi) is 3.68. The van der Waals surface area contributed by atoms with Gasteiger partial charge in [0.25, 0.3) is 10.0 Å². The standard InChI is InChI=1S/C12H14N4O2S2/c17-20(18,16-12-13-6-1-7-14-12)11-5-4-10(19-11)8-15-9-2-3-9/h1,4-7,9,15H,2-3,8H2,(H,13,14,16). The molecule has 0 spiro atoms. The first-order valence-electron chi connectivity index (χ1n) is 6.25. The number of rotatable bonds is 6. The first kappa shape index (κ1) is 13.5. The molecule has 0 bridgehead atoms. The molecule has 20 heavy (non-hydrogen) atoms. The Balaban J connectivity index is 1.70. The van der Waals surface area contributed by atoms with Crippen molar-refractivity contribution >= 4 is 27.3 Å². The van der Waals surface area contributed by atoms with Crippen molar-refractivity contribution in [3.05, 3.63) is 35.5 Å². The predicted molar refractivity (Wildman–Crippen MR) is 77.0 cm³/mol. The van der Waals surface area contributed by atoms with E-state index in [4.69, 9.17) is 0 Å². The van der Waals surface area contributed by atoms with Crippen molar-refractivity contribution in [1.29, 1.82) is 0 Å². The van der Waals surface area contributed by atoms with Gasteiger partial charge in [-0.05, 0) is 31.0 Å². The van der Waals surface area contributed by atoms with Gasteiger partial charge in [0.1, 0.15) is 4.21 Å². The summed E-state index contributed by atoms with van der Waals surface area (Å²) >= 11 is 1.26. The molecule has 8 heteroatoms. The minimum absolute atomic E-state index is 0.0820. The minimum atomic E-state index is -3.60. The zero-order chi connectivity index (χ0) is 14.0. The first-order valence-corrected chi connectivity index (χ1v) is 8.55. The highest BCUT2D eigenvalue weighted by molar-refractivity contribution is 7.94. The van der Waals surface area contributed by atoms with Gasteiger partial charge >= 0.3 is 0 Å². The number of aromatic nitrogens is 2. The minimum Gasteiger partial charge on any atom is -0.309 e. The van der Waals surface area contributed by atoms with Crippen molar-refractivity contribution in [3.63, 3.8) is 0 Å². The van der Waals surface area contributed by atoms with E-state index in [0.29, 0.717) is 12.6 Å². The molecule has 3 rings (SSSR count). The third-order valence-corrected chi connectivity index (χ3v) is 5.74. The summed E-state index contributed by atoms with van der Waals surface area (Å²) in [7, 11) is -3.60. The molecular formula is C12H14N4O2S2. The molecule has 2 aromatic rings. The summed E-state index contributed by atoms with van der Waals surface area (Å²) < 4.78 is 27.0. The van der Waals surface area contributed by atoms with Crippen LogP contribution in [0.3, 0.4) is 0 Å². The van der Waals surface area contributed by atoms with Crippen molar-refractivity contribution in [2.45, 2.75) is 29.6 Å². The Morgan fingerprint density at radius 3 is 2.70 bits per heavy atom. The normalized spacial score (nSPS) is 15.2. The number of anilines is 1. The molecule has 1 aliphatic rings. The van der Waals surface area contributed by atoms with Gasteiger partial charge in [-0.2, -0.15) is 0 Å². The van der Waals surface area contributed by atoms with Gasteiger partial charge in [0.15, 0.2) is 0 Å². The van der Waals surface area contributed by atoms with E-state index >= 15 is 0 Å². The predicted octanol–water partition coefficient (Wildman–Crippen LogP) is 1.59. The number of hydrogen-bond donors (Lipinski definition) is 2. The number of nitrogens with zero attached hydrogens (tertiary/aromatic N) is 2. The topological polar surface area (TPSA) is 84.0 Å². The second-order valence-electron chi connectivity index (χ2n) is 4.55. The Bertz CT molecular complexity index is 680. The maximum Gasteiger partial charge on any atom is 0.273 e. The van der Waals surface area contributed by atoms with Crippen molar-refractivity contribution in [1.82, 2.24) is 15.3 Å². The summed E-state index contributed by atoms with van der Waals surface area (Å²) in [5.74, 6) is 0.0820. The van der Waals surface area contributed by atoms with E-state index in [1.807, 2.05) is 6.07 Å². The lowest BCUT2D eigenvalue weighted by Gasteiger charge is -2.03. The van der Waals surface area contributed by atoms with Crippen LogP contribution in [0.2, 0.25) is 0 Å². The van der Waals surface area contributed by atoms with Crippen LogP contribution in [0.5, 0.6) is 0 Å². The monoisotopic (exact) mass is 310 g/mol. The van der Waals surface area contributed by atoms with Gasteiger partial charge < -0.3 is 5.32 Å². The average Bonchev–Trinajstić information content (AvgIpc) is 3.13. The molecule has 0 saturated heterocycles. The molecule has 0 aromatic carbocycles. The zero-order valence-electron chi connectivity index (χ0n) is 10.6. The van der Waals surface area contributed by atoms with Crippen LogP contribution in [0.15, 0.2) is 34.8 Å². The summed E-state index contributed by atoms with van der Waals surface area (Å²) in [6, 6.07) is 5.68. The molecule has 2 aromatic heterocycles. The van der Waals surface area contributed by atoms with Crippen LogP contribution in [0.1, 0.15) is 17.7 Å². The van der Waals surface area contributed by atoms with Crippen molar-refractivity contribution < 1.29 is 8.42 Å². The van der Waals surface area contributed by atoms with E-state index in [2.05, 4.69) is 20.0 Å². The molecule has 1 aliphatic carbocycles. The molecule has 6 nitrogen and oxygen atoms in total. The van der Waals surface area contributed by atoms with Gasteiger partial charge in [-0.3, -0.25) is 0 Å². The van der Waals surface area contributed by atoms with Gasteiger partial charge in [0.05, 0.1) is 0 Å². The Hall–Kier alpha value is -1.51. The van der Waals surface area contributed by atoms with Crippen molar-refractivity contribution in [3.8, 4) is 0 Å². The fourth-order valence-corrected chi connectivity index (χ4v) is 3.92. The van der Waals surface area contributed by atoms with E-state index in [1.54, 1.807) is 12.1 Å². The van der Waals surface area contributed by atoms with Crippen LogP contribution in [0.4, 0.5) is 5.95 Å². The van der Waals surface area contributed by atoms with Gasteiger partial charge in [-0.15, -0.1) is 11.3 Å². The highest BCUT2D eigenvalue weighted by Gasteiger charge is 2.21.